The molecule has 0 amide bonds. The van der Waals surface area contributed by atoms with Crippen LogP contribution in [0.1, 0.15) is 12.8 Å². The van der Waals surface area contributed by atoms with Crippen molar-refractivity contribution in [2.45, 2.75) is 18.9 Å². The molecule has 0 aliphatic heterocycles. The number of hydrogen-bond acceptors (Lipinski definition) is 2. The molecule has 56 valence electrons. The van der Waals surface area contributed by atoms with Gasteiger partial charge in [-0.1, -0.05) is 12.2 Å². The molecule has 3 nitrogen and oxygen atoms in total. The van der Waals surface area contributed by atoms with Crippen LogP contribution in [0.25, 0.3) is 0 Å². The third kappa shape index (κ3) is 1.97. The Morgan fingerprint density at radius 2 is 2.50 bits per heavy atom. The number of hydrogen-bond donors (Lipinski definition) is 3. The minimum atomic E-state index is 0.378. The Morgan fingerprint density at radius 3 is 3.00 bits per heavy atom. The molecule has 0 aromatic carbocycles. The van der Waals surface area contributed by atoms with Crippen molar-refractivity contribution in [3.8, 4) is 0 Å². The molecule has 0 radical (unpaired) electrons. The molecule has 1 aliphatic carbocycles. The summed E-state index contributed by atoms with van der Waals surface area (Å²) >= 11 is 4.81. The first-order valence-electron chi connectivity index (χ1n) is 3.26. The quantitative estimate of drug-likeness (QED) is 0.218. The van der Waals surface area contributed by atoms with Crippen LogP contribution in [0.5, 0.6) is 0 Å². The Hall–Kier alpha value is -0.610. The van der Waals surface area contributed by atoms with Crippen LogP contribution in [-0.2, 0) is 0 Å². The number of thiocarbonyl (C=S) groups is 1. The minimum Gasteiger partial charge on any atom is -0.355 e. The van der Waals surface area contributed by atoms with Gasteiger partial charge in [-0.15, -0.1) is 0 Å². The largest absolute Gasteiger partial charge is 0.355 e. The van der Waals surface area contributed by atoms with Gasteiger partial charge in [-0.25, -0.2) is 5.84 Å². The second-order valence-electron chi connectivity index (χ2n) is 2.23. The maximum absolute atomic E-state index is 5.07. The van der Waals surface area contributed by atoms with Gasteiger partial charge >= 0.3 is 0 Å². The van der Waals surface area contributed by atoms with Gasteiger partial charge in [-0.3, -0.25) is 0 Å². The highest BCUT2D eigenvalue weighted by molar-refractivity contribution is 7.80. The molecule has 10 heavy (non-hydrogen) atoms. The molecule has 0 heterocycles. The lowest BCUT2D eigenvalue weighted by molar-refractivity contribution is 0.694. The highest BCUT2D eigenvalue weighted by Gasteiger charge is 2.08. The van der Waals surface area contributed by atoms with Crippen LogP contribution in [0, 0.1) is 0 Å². The Kier molecular flexibility index (Phi) is 2.65. The summed E-state index contributed by atoms with van der Waals surface area (Å²) in [6, 6.07) is 0.378. The van der Waals surface area contributed by atoms with Crippen molar-refractivity contribution in [2.24, 2.45) is 5.84 Å². The molecule has 1 rings (SSSR count). The van der Waals surface area contributed by atoms with E-state index in [9.17, 15) is 0 Å². The van der Waals surface area contributed by atoms with Gasteiger partial charge in [0.2, 0.25) is 0 Å². The molecule has 0 saturated heterocycles. The lowest BCUT2D eigenvalue weighted by Gasteiger charge is -2.11. The van der Waals surface area contributed by atoms with E-state index in [2.05, 4.69) is 22.9 Å². The lowest BCUT2D eigenvalue weighted by atomic mass is 10.3. The van der Waals surface area contributed by atoms with Gasteiger partial charge < -0.3 is 10.7 Å². The van der Waals surface area contributed by atoms with E-state index in [0.29, 0.717) is 11.2 Å². The van der Waals surface area contributed by atoms with Crippen LogP contribution in [0.15, 0.2) is 12.2 Å². The molecule has 1 unspecified atom stereocenters. The zero-order valence-corrected chi connectivity index (χ0v) is 6.45. The van der Waals surface area contributed by atoms with E-state index in [1.165, 1.54) is 0 Å². The van der Waals surface area contributed by atoms with E-state index in [1.54, 1.807) is 0 Å². The molecule has 4 N–H and O–H groups in total. The Labute approximate surface area is 65.6 Å². The number of rotatable bonds is 1. The second kappa shape index (κ2) is 3.53. The van der Waals surface area contributed by atoms with Crippen molar-refractivity contribution < 1.29 is 0 Å². The van der Waals surface area contributed by atoms with Crippen molar-refractivity contribution >= 4 is 17.3 Å². The number of allylic oxidation sites excluding steroid dienone is 1. The molecule has 0 saturated carbocycles. The standard InChI is InChI=1S/C6H11N3S/c7-9-6(10)8-5-3-1-2-4-5/h1,3,5H,2,4,7H2,(H2,8,9,10). The van der Waals surface area contributed by atoms with E-state index in [4.69, 9.17) is 18.1 Å². The van der Waals surface area contributed by atoms with Gasteiger partial charge in [0.15, 0.2) is 5.11 Å². The molecular formula is C6H11N3S. The molecule has 0 aromatic rings. The van der Waals surface area contributed by atoms with Gasteiger partial charge in [-0.05, 0) is 25.1 Å². The van der Waals surface area contributed by atoms with Crippen molar-refractivity contribution in [2.75, 3.05) is 0 Å². The third-order valence-electron chi connectivity index (χ3n) is 1.46. The van der Waals surface area contributed by atoms with Gasteiger partial charge in [0.25, 0.3) is 0 Å². The maximum Gasteiger partial charge on any atom is 0.181 e. The smallest absolute Gasteiger partial charge is 0.181 e. The maximum atomic E-state index is 5.07. The summed E-state index contributed by atoms with van der Waals surface area (Å²) < 4.78 is 0. The molecule has 0 fully saturated rings. The topological polar surface area (TPSA) is 50.1 Å². The van der Waals surface area contributed by atoms with Crippen LogP contribution < -0.4 is 16.6 Å². The van der Waals surface area contributed by atoms with Crippen LogP contribution in [0.4, 0.5) is 0 Å². The van der Waals surface area contributed by atoms with Crippen LogP contribution in [-0.4, -0.2) is 11.2 Å². The predicted molar refractivity (Wildman–Crippen MR) is 45.2 cm³/mol. The molecule has 4 heteroatoms. The Morgan fingerprint density at radius 1 is 1.70 bits per heavy atom. The average Bonchev–Trinajstić information content (AvgIpc) is 2.40. The van der Waals surface area contributed by atoms with Gasteiger partial charge in [0.05, 0.1) is 0 Å². The van der Waals surface area contributed by atoms with E-state index in [0.717, 1.165) is 12.8 Å². The number of nitrogens with one attached hydrogen (secondary N) is 2. The highest BCUT2D eigenvalue weighted by Crippen LogP contribution is 2.07. The monoisotopic (exact) mass is 157 g/mol. The summed E-state index contributed by atoms with van der Waals surface area (Å²) in [5.41, 5.74) is 2.38. The zero-order valence-electron chi connectivity index (χ0n) is 5.63. The first kappa shape index (κ1) is 7.50. The third-order valence-corrected chi connectivity index (χ3v) is 1.70. The number of nitrogens with two attached hydrogens (primary N) is 1. The molecule has 0 bridgehead atoms. The second-order valence-corrected chi connectivity index (χ2v) is 2.64. The fourth-order valence-corrected chi connectivity index (χ4v) is 1.11. The Balaban J connectivity index is 2.24. The highest BCUT2D eigenvalue weighted by atomic mass is 32.1. The fraction of sp³-hybridized carbons (Fsp3) is 0.500. The minimum absolute atomic E-state index is 0.378. The molecule has 1 atom stereocenters. The molecule has 1 aliphatic rings. The lowest BCUT2D eigenvalue weighted by Crippen LogP contribution is -2.43. The van der Waals surface area contributed by atoms with Gasteiger partial charge in [0, 0.05) is 6.04 Å². The number of hydrazine groups is 1. The Bertz CT molecular complexity index is 155. The summed E-state index contributed by atoms with van der Waals surface area (Å²) in [5.74, 6) is 5.07. The summed E-state index contributed by atoms with van der Waals surface area (Å²) in [7, 11) is 0. The summed E-state index contributed by atoms with van der Waals surface area (Å²) in [5, 5.41) is 3.55. The van der Waals surface area contributed by atoms with E-state index in [-0.39, 0.29) is 0 Å². The summed E-state index contributed by atoms with van der Waals surface area (Å²) in [6.07, 6.45) is 6.48. The van der Waals surface area contributed by atoms with Crippen molar-refractivity contribution in [3.63, 3.8) is 0 Å². The van der Waals surface area contributed by atoms with Crippen molar-refractivity contribution in [1.82, 2.24) is 10.7 Å². The summed E-state index contributed by atoms with van der Waals surface area (Å²) in [4.78, 5) is 0. The fourth-order valence-electron chi connectivity index (χ4n) is 0.963. The predicted octanol–water partition coefficient (Wildman–Crippen LogP) is 0.0428. The molecule has 0 aromatic heterocycles. The zero-order chi connectivity index (χ0) is 7.40. The van der Waals surface area contributed by atoms with Gasteiger partial charge in [-0.2, -0.15) is 0 Å². The SMILES string of the molecule is NNC(=S)NC1C=CCC1. The van der Waals surface area contributed by atoms with E-state index >= 15 is 0 Å². The normalized spacial score (nSPS) is 22.7. The average molecular weight is 157 g/mol. The van der Waals surface area contributed by atoms with Crippen LogP contribution in [0.2, 0.25) is 0 Å². The van der Waals surface area contributed by atoms with E-state index < -0.39 is 0 Å². The van der Waals surface area contributed by atoms with Crippen molar-refractivity contribution in [1.29, 1.82) is 0 Å². The van der Waals surface area contributed by atoms with Crippen LogP contribution in [0.3, 0.4) is 0 Å². The van der Waals surface area contributed by atoms with E-state index in [1.807, 2.05) is 0 Å². The van der Waals surface area contributed by atoms with Crippen LogP contribution >= 0.6 is 12.2 Å². The molecule has 0 spiro atoms. The first-order chi connectivity index (χ1) is 4.83. The first-order valence-corrected chi connectivity index (χ1v) is 3.67. The van der Waals surface area contributed by atoms with Gasteiger partial charge in [0.1, 0.15) is 0 Å². The van der Waals surface area contributed by atoms with Crippen molar-refractivity contribution in [3.05, 3.63) is 12.2 Å². The summed E-state index contributed by atoms with van der Waals surface area (Å²) in [6.45, 7) is 0. The molecular weight excluding hydrogens is 146 g/mol.